The second-order valence-corrected chi connectivity index (χ2v) is 10.2. The van der Waals surface area contributed by atoms with E-state index in [1.165, 1.54) is 24.3 Å². The minimum atomic E-state index is -4.80. The van der Waals surface area contributed by atoms with E-state index in [9.17, 15) is 27.9 Å². The van der Waals surface area contributed by atoms with Crippen molar-refractivity contribution in [3.05, 3.63) is 87.1 Å². The van der Waals surface area contributed by atoms with Crippen molar-refractivity contribution in [1.82, 2.24) is 4.98 Å². The molecule has 0 unspecified atom stereocenters. The number of aryl methyl sites for hydroxylation is 1. The van der Waals surface area contributed by atoms with Crippen molar-refractivity contribution in [2.45, 2.75) is 32.4 Å². The van der Waals surface area contributed by atoms with Gasteiger partial charge in [0, 0.05) is 40.8 Å². The van der Waals surface area contributed by atoms with E-state index in [4.69, 9.17) is 26.8 Å². The van der Waals surface area contributed by atoms with Gasteiger partial charge in [0.1, 0.15) is 11.4 Å². The first kappa shape index (κ1) is 28.2. The van der Waals surface area contributed by atoms with E-state index in [1.807, 2.05) is 13.0 Å². The van der Waals surface area contributed by atoms with E-state index in [1.54, 1.807) is 12.1 Å². The van der Waals surface area contributed by atoms with Gasteiger partial charge in [-0.3, -0.25) is 4.79 Å². The fourth-order valence-corrected chi connectivity index (χ4v) is 4.91. The molecule has 2 aromatic carbocycles. The number of pyridine rings is 1. The standard InChI is InChI=1S/C30H24ClF3N2O5/c1-15-3-2-4-21(31)25(15)26(35)19(28(37)16-5-6-16)11-12-40-24-10-9-22-27(36-24)20(30(32,33)34)13-17-7-8-18(29(38)39)14-23(17)41-22/h2-4,7-10,13-14,16H,5-6,11-12,35H2,1H3,(H,38,39). The van der Waals surface area contributed by atoms with Gasteiger partial charge in [-0.05, 0) is 55.7 Å². The molecule has 7 nitrogen and oxygen atoms in total. The SMILES string of the molecule is Cc1cccc(Cl)c1C(N)=C(CCOc1ccc2c(n1)C(C(F)(F)F)=Cc1ccc(C(=O)O)cc1O2)C(=O)C1CC1. The average molecular weight is 585 g/mol. The number of allylic oxidation sites excluding steroid dienone is 1. The first-order valence-corrected chi connectivity index (χ1v) is 13.1. The van der Waals surface area contributed by atoms with Crippen molar-refractivity contribution >= 4 is 40.7 Å². The summed E-state index contributed by atoms with van der Waals surface area (Å²) in [6.07, 6.45) is -2.34. The molecule has 0 atom stereocenters. The van der Waals surface area contributed by atoms with Gasteiger partial charge in [-0.25, -0.2) is 9.78 Å². The van der Waals surface area contributed by atoms with Gasteiger partial charge in [0.15, 0.2) is 11.5 Å². The molecule has 41 heavy (non-hydrogen) atoms. The lowest BCUT2D eigenvalue weighted by atomic mass is 9.96. The second-order valence-electron chi connectivity index (χ2n) is 9.77. The van der Waals surface area contributed by atoms with Crippen LogP contribution in [0.5, 0.6) is 17.4 Å². The van der Waals surface area contributed by atoms with Gasteiger partial charge in [-0.2, -0.15) is 13.2 Å². The van der Waals surface area contributed by atoms with Crippen LogP contribution in [-0.2, 0) is 4.79 Å². The van der Waals surface area contributed by atoms with Gasteiger partial charge in [-0.15, -0.1) is 0 Å². The Labute approximate surface area is 238 Å². The number of nitrogens with zero attached hydrogens (tertiary/aromatic N) is 1. The van der Waals surface area contributed by atoms with Crippen LogP contribution in [0, 0.1) is 12.8 Å². The van der Waals surface area contributed by atoms with E-state index in [0.29, 0.717) is 16.2 Å². The Hall–Kier alpha value is -4.31. The molecule has 2 heterocycles. The van der Waals surface area contributed by atoms with E-state index in [2.05, 4.69) is 4.98 Å². The lowest BCUT2D eigenvalue weighted by molar-refractivity contribution is -0.116. The van der Waals surface area contributed by atoms with Crippen molar-refractivity contribution in [1.29, 1.82) is 0 Å². The van der Waals surface area contributed by atoms with Crippen LogP contribution >= 0.6 is 11.6 Å². The van der Waals surface area contributed by atoms with Crippen molar-refractivity contribution in [3.8, 4) is 17.4 Å². The molecule has 1 fully saturated rings. The number of ether oxygens (including phenoxy) is 2. The molecule has 11 heteroatoms. The number of carboxylic acid groups (broad SMARTS) is 1. The van der Waals surface area contributed by atoms with Gasteiger partial charge in [-0.1, -0.05) is 29.8 Å². The number of fused-ring (bicyclic) bond motifs is 2. The number of aromatic carboxylic acids is 1. The Balaban J connectivity index is 1.44. The minimum Gasteiger partial charge on any atom is -0.478 e. The molecule has 1 aromatic heterocycles. The zero-order chi connectivity index (χ0) is 29.5. The summed E-state index contributed by atoms with van der Waals surface area (Å²) in [5, 5.41) is 9.67. The van der Waals surface area contributed by atoms with Crippen LogP contribution in [0.4, 0.5) is 13.2 Å². The largest absolute Gasteiger partial charge is 0.478 e. The molecule has 0 radical (unpaired) electrons. The number of ketones is 1. The monoisotopic (exact) mass is 584 g/mol. The molecule has 0 spiro atoms. The number of halogens is 4. The normalized spacial score (nSPS) is 15.0. The van der Waals surface area contributed by atoms with Crippen LogP contribution in [0.2, 0.25) is 5.02 Å². The Morgan fingerprint density at radius 1 is 1.15 bits per heavy atom. The molecule has 0 saturated heterocycles. The maximum absolute atomic E-state index is 14.1. The first-order valence-electron chi connectivity index (χ1n) is 12.7. The van der Waals surface area contributed by atoms with Crippen LogP contribution in [0.25, 0.3) is 17.3 Å². The highest BCUT2D eigenvalue weighted by molar-refractivity contribution is 6.32. The third kappa shape index (κ3) is 5.92. The number of carbonyl (C=O) groups excluding carboxylic acids is 1. The molecule has 0 amide bonds. The molecule has 3 aromatic rings. The molecule has 3 N–H and O–H groups in total. The average Bonchev–Trinajstić information content (AvgIpc) is 3.76. The predicted octanol–water partition coefficient (Wildman–Crippen LogP) is 7.07. The van der Waals surface area contributed by atoms with E-state index >= 15 is 0 Å². The Morgan fingerprint density at radius 2 is 1.90 bits per heavy atom. The van der Waals surface area contributed by atoms with Gasteiger partial charge >= 0.3 is 12.1 Å². The van der Waals surface area contributed by atoms with Gasteiger partial charge < -0.3 is 20.3 Å². The number of hydrogen-bond acceptors (Lipinski definition) is 6. The van der Waals surface area contributed by atoms with Crippen molar-refractivity contribution in [2.24, 2.45) is 11.7 Å². The van der Waals surface area contributed by atoms with Crippen LogP contribution in [0.1, 0.15) is 52.0 Å². The lowest BCUT2D eigenvalue weighted by Crippen LogP contribution is -2.16. The Morgan fingerprint density at radius 3 is 2.56 bits per heavy atom. The van der Waals surface area contributed by atoms with Crippen LogP contribution in [0.15, 0.2) is 54.1 Å². The summed E-state index contributed by atoms with van der Waals surface area (Å²) in [5.41, 5.74) is 6.71. The molecule has 0 bridgehead atoms. The lowest BCUT2D eigenvalue weighted by Gasteiger charge is -2.16. The highest BCUT2D eigenvalue weighted by Crippen LogP contribution is 2.45. The summed E-state index contributed by atoms with van der Waals surface area (Å²) in [6, 6.07) is 11.5. The molecule has 2 aliphatic rings. The molecule has 212 valence electrons. The fraction of sp³-hybridized carbons (Fsp3) is 0.233. The van der Waals surface area contributed by atoms with E-state index in [-0.39, 0.29) is 58.9 Å². The number of alkyl halides is 3. The quantitative estimate of drug-likeness (QED) is 0.272. The number of Topliss-reactive ketones (excluding diaryl/α,β-unsaturated/α-hetero) is 1. The van der Waals surface area contributed by atoms with E-state index in [0.717, 1.165) is 30.5 Å². The first-order chi connectivity index (χ1) is 19.4. The number of benzene rings is 2. The van der Waals surface area contributed by atoms with Crippen molar-refractivity contribution in [2.75, 3.05) is 6.61 Å². The third-order valence-corrected chi connectivity index (χ3v) is 7.15. The summed E-state index contributed by atoms with van der Waals surface area (Å²) in [7, 11) is 0. The second kappa shape index (κ2) is 10.9. The molecule has 1 aliphatic heterocycles. The molecule has 1 saturated carbocycles. The topological polar surface area (TPSA) is 112 Å². The summed E-state index contributed by atoms with van der Waals surface area (Å²) < 4.78 is 53.7. The van der Waals surface area contributed by atoms with Gasteiger partial charge in [0.25, 0.3) is 0 Å². The predicted molar refractivity (Wildman–Crippen MR) is 147 cm³/mol. The van der Waals surface area contributed by atoms with Crippen LogP contribution in [0.3, 0.4) is 0 Å². The maximum atomic E-state index is 14.1. The number of carboxylic acids is 1. The number of nitrogens with two attached hydrogens (primary N) is 1. The van der Waals surface area contributed by atoms with E-state index < -0.39 is 23.4 Å². The number of rotatable bonds is 8. The zero-order valence-electron chi connectivity index (χ0n) is 21.7. The number of carbonyl (C=O) groups is 2. The van der Waals surface area contributed by atoms with Gasteiger partial charge in [0.2, 0.25) is 5.88 Å². The highest BCUT2D eigenvalue weighted by Gasteiger charge is 2.39. The molecule has 1 aliphatic carbocycles. The van der Waals surface area contributed by atoms with Crippen LogP contribution < -0.4 is 15.2 Å². The Bertz CT molecular complexity index is 1610. The maximum Gasteiger partial charge on any atom is 0.418 e. The third-order valence-electron chi connectivity index (χ3n) is 6.84. The zero-order valence-corrected chi connectivity index (χ0v) is 22.5. The number of aromatic nitrogens is 1. The summed E-state index contributed by atoms with van der Waals surface area (Å²) in [6.45, 7) is 1.75. The van der Waals surface area contributed by atoms with Crippen LogP contribution in [-0.4, -0.2) is 34.6 Å². The fourth-order valence-electron chi connectivity index (χ4n) is 4.58. The highest BCUT2D eigenvalue weighted by atomic mass is 35.5. The smallest absolute Gasteiger partial charge is 0.418 e. The van der Waals surface area contributed by atoms with Crippen molar-refractivity contribution < 1.29 is 37.3 Å². The Kier molecular flexibility index (Phi) is 7.52. The van der Waals surface area contributed by atoms with Crippen molar-refractivity contribution in [3.63, 3.8) is 0 Å². The molecular weight excluding hydrogens is 561 g/mol. The molecule has 5 rings (SSSR count). The summed E-state index contributed by atoms with van der Waals surface area (Å²) >= 11 is 6.38. The summed E-state index contributed by atoms with van der Waals surface area (Å²) in [5.74, 6) is -1.87. The van der Waals surface area contributed by atoms with Gasteiger partial charge in [0.05, 0.1) is 22.8 Å². The number of hydrogen-bond donors (Lipinski definition) is 2. The minimum absolute atomic E-state index is 0.0431. The molecular formula is C30H24ClF3N2O5. The summed E-state index contributed by atoms with van der Waals surface area (Å²) in [4.78, 5) is 28.5.